The van der Waals surface area contributed by atoms with Crippen LogP contribution in [0.15, 0.2) is 91.0 Å². The van der Waals surface area contributed by atoms with Gasteiger partial charge in [0.15, 0.2) is 5.78 Å². The van der Waals surface area contributed by atoms with Gasteiger partial charge in [0.05, 0.1) is 40.8 Å². The first kappa shape index (κ1) is 32.5. The molecule has 7 rings (SSSR count). The van der Waals surface area contributed by atoms with Gasteiger partial charge in [0.1, 0.15) is 23.7 Å². The number of imide groups is 1. The van der Waals surface area contributed by atoms with Crippen molar-refractivity contribution in [1.82, 2.24) is 19.4 Å². The summed E-state index contributed by atoms with van der Waals surface area (Å²) in [6.45, 7) is 4.63. The number of carbonyl (C=O) groups excluding carboxylic acids is 3. The average Bonchev–Trinajstić information content (AvgIpc) is 3.61. The second kappa shape index (κ2) is 13.8. The molecule has 0 unspecified atom stereocenters. The summed E-state index contributed by atoms with van der Waals surface area (Å²) in [6, 6.07) is 28.1. The Hall–Kier alpha value is -6.07. The molecule has 248 valence electrons. The maximum absolute atomic E-state index is 13.4. The van der Waals surface area contributed by atoms with E-state index in [1.54, 1.807) is 24.3 Å². The van der Waals surface area contributed by atoms with Crippen LogP contribution in [0.5, 0.6) is 5.75 Å². The molecule has 1 aliphatic heterocycles. The zero-order valence-electron chi connectivity index (χ0n) is 28.1. The van der Waals surface area contributed by atoms with Crippen molar-refractivity contribution < 1.29 is 19.1 Å². The van der Waals surface area contributed by atoms with E-state index in [2.05, 4.69) is 23.5 Å². The molecule has 0 atom stereocenters. The van der Waals surface area contributed by atoms with E-state index >= 15 is 0 Å². The molecule has 1 aliphatic rings. The van der Waals surface area contributed by atoms with Gasteiger partial charge in [-0.15, -0.1) is 6.42 Å². The molecule has 2 amide bonds. The third-order valence-electron chi connectivity index (χ3n) is 9.17. The Morgan fingerprint density at radius 2 is 1.58 bits per heavy atom. The molecule has 2 aromatic heterocycles. The lowest BCUT2D eigenvalue weighted by Crippen LogP contribution is -2.29. The Morgan fingerprint density at radius 1 is 0.880 bits per heavy atom. The van der Waals surface area contributed by atoms with Crippen molar-refractivity contribution in [2.75, 3.05) is 6.61 Å². The number of imidazole rings is 1. The number of nitrogens with zero attached hydrogens (tertiary/aromatic N) is 4. The van der Waals surface area contributed by atoms with Gasteiger partial charge in [0, 0.05) is 29.5 Å². The number of amides is 2. The standard InChI is InChI=1S/C42H36N4O4/c1-4-6-20-37-44-38-35(24-36(47)29-14-8-7-9-15-29)43-34-19-13-12-18-33(34)39(38)45(37)25-28-22-27(3)40(50-21-5-2)30(23-28)26-46-41(48)31-16-10-11-17-32(31)42(46)49/h2,7-19,22-23H,4,6,20-21,24-26H2,1,3H3. The van der Waals surface area contributed by atoms with Crippen molar-refractivity contribution in [2.24, 2.45) is 0 Å². The molecule has 4 aromatic carbocycles. The minimum Gasteiger partial charge on any atom is -0.480 e. The number of benzene rings is 4. The minimum absolute atomic E-state index is 0.0182. The number of hydrogen-bond acceptors (Lipinski definition) is 6. The van der Waals surface area contributed by atoms with Gasteiger partial charge in [-0.25, -0.2) is 9.97 Å². The molecule has 50 heavy (non-hydrogen) atoms. The first-order valence-electron chi connectivity index (χ1n) is 16.9. The van der Waals surface area contributed by atoms with Gasteiger partial charge in [-0.1, -0.05) is 86.0 Å². The van der Waals surface area contributed by atoms with E-state index in [-0.39, 0.29) is 37.2 Å². The third-order valence-corrected chi connectivity index (χ3v) is 9.17. The van der Waals surface area contributed by atoms with Crippen LogP contribution in [0.4, 0.5) is 0 Å². The van der Waals surface area contributed by atoms with Crippen molar-refractivity contribution in [3.05, 3.63) is 136 Å². The number of para-hydroxylation sites is 1. The van der Waals surface area contributed by atoms with Gasteiger partial charge in [-0.2, -0.15) is 0 Å². The van der Waals surface area contributed by atoms with E-state index in [0.717, 1.165) is 58.2 Å². The topological polar surface area (TPSA) is 94.4 Å². The number of pyridine rings is 1. The van der Waals surface area contributed by atoms with Crippen LogP contribution in [0.3, 0.4) is 0 Å². The molecule has 0 saturated carbocycles. The van der Waals surface area contributed by atoms with Crippen LogP contribution in [-0.4, -0.2) is 43.6 Å². The van der Waals surface area contributed by atoms with Crippen LogP contribution in [-0.2, 0) is 25.9 Å². The highest BCUT2D eigenvalue weighted by atomic mass is 16.5. The lowest BCUT2D eigenvalue weighted by Gasteiger charge is -2.20. The molecule has 6 aromatic rings. The molecule has 0 saturated heterocycles. The Balaban J connectivity index is 1.34. The SMILES string of the molecule is C#CCOc1c(C)cc(Cn2c(CCCC)nc3c(CC(=O)c4ccccc4)nc4ccccc4c32)cc1CN1C(=O)c2ccccc2C1=O. The van der Waals surface area contributed by atoms with E-state index in [1.165, 1.54) is 4.90 Å². The lowest BCUT2D eigenvalue weighted by molar-refractivity contribution is 0.0640. The number of hydrogen-bond donors (Lipinski definition) is 0. The first-order chi connectivity index (χ1) is 24.4. The third kappa shape index (κ3) is 6.03. The van der Waals surface area contributed by atoms with Crippen molar-refractivity contribution in [3.63, 3.8) is 0 Å². The van der Waals surface area contributed by atoms with Gasteiger partial charge in [-0.05, 0) is 48.7 Å². The fraction of sp³-hybridized carbons (Fsp3) is 0.214. The molecule has 8 nitrogen and oxygen atoms in total. The second-order valence-electron chi connectivity index (χ2n) is 12.6. The van der Waals surface area contributed by atoms with Crippen LogP contribution in [0.25, 0.3) is 21.9 Å². The molecule has 0 bridgehead atoms. The number of unbranched alkanes of at least 4 members (excludes halogenated alkanes) is 1. The summed E-state index contributed by atoms with van der Waals surface area (Å²) in [4.78, 5) is 51.6. The van der Waals surface area contributed by atoms with Crippen LogP contribution in [0.1, 0.15) is 79.0 Å². The predicted octanol–water partition coefficient (Wildman–Crippen LogP) is 7.52. The number of ketones is 1. The Bertz CT molecular complexity index is 2300. The number of ether oxygens (including phenoxy) is 1. The summed E-state index contributed by atoms with van der Waals surface area (Å²) >= 11 is 0. The molecule has 0 radical (unpaired) electrons. The molecular weight excluding hydrogens is 624 g/mol. The van der Waals surface area contributed by atoms with Crippen molar-refractivity contribution in [3.8, 4) is 18.1 Å². The van der Waals surface area contributed by atoms with E-state index < -0.39 is 0 Å². The zero-order valence-corrected chi connectivity index (χ0v) is 28.1. The van der Waals surface area contributed by atoms with Crippen LogP contribution < -0.4 is 4.74 Å². The molecule has 3 heterocycles. The number of carbonyl (C=O) groups is 3. The van der Waals surface area contributed by atoms with Crippen molar-refractivity contribution >= 4 is 39.5 Å². The average molecular weight is 661 g/mol. The highest BCUT2D eigenvalue weighted by Gasteiger charge is 2.36. The lowest BCUT2D eigenvalue weighted by atomic mass is 10.0. The molecule has 8 heteroatoms. The summed E-state index contributed by atoms with van der Waals surface area (Å²) in [5.41, 5.74) is 6.96. The van der Waals surface area contributed by atoms with E-state index in [9.17, 15) is 14.4 Å². The van der Waals surface area contributed by atoms with Crippen molar-refractivity contribution in [1.29, 1.82) is 0 Å². The smallest absolute Gasteiger partial charge is 0.261 e. The van der Waals surface area contributed by atoms with Gasteiger partial charge in [-0.3, -0.25) is 19.3 Å². The Morgan fingerprint density at radius 3 is 2.30 bits per heavy atom. The maximum Gasteiger partial charge on any atom is 0.261 e. The van der Waals surface area contributed by atoms with E-state index in [1.807, 2.05) is 67.6 Å². The second-order valence-corrected chi connectivity index (χ2v) is 12.6. The molecule has 0 fully saturated rings. The summed E-state index contributed by atoms with van der Waals surface area (Å²) in [5.74, 6) is 3.30. The van der Waals surface area contributed by atoms with Gasteiger partial charge >= 0.3 is 0 Å². The summed E-state index contributed by atoms with van der Waals surface area (Å²) in [6.07, 6.45) is 8.37. The van der Waals surface area contributed by atoms with Crippen LogP contribution in [0, 0.1) is 19.3 Å². The Kier molecular flexibility index (Phi) is 8.97. The number of Topliss-reactive ketones (excluding diaryl/α,β-unsaturated/α-hetero) is 1. The van der Waals surface area contributed by atoms with E-state index in [0.29, 0.717) is 40.2 Å². The number of aromatic nitrogens is 3. The predicted molar refractivity (Wildman–Crippen MR) is 193 cm³/mol. The van der Waals surface area contributed by atoms with Crippen molar-refractivity contribution in [2.45, 2.75) is 52.6 Å². The largest absolute Gasteiger partial charge is 0.480 e. The van der Waals surface area contributed by atoms with Gasteiger partial charge < -0.3 is 9.30 Å². The van der Waals surface area contributed by atoms with Crippen LogP contribution >= 0.6 is 0 Å². The fourth-order valence-corrected chi connectivity index (χ4v) is 6.83. The van der Waals surface area contributed by atoms with Gasteiger partial charge in [0.25, 0.3) is 11.8 Å². The molecule has 0 N–H and O–H groups in total. The molecule has 0 aliphatic carbocycles. The zero-order chi connectivity index (χ0) is 34.8. The highest BCUT2D eigenvalue weighted by molar-refractivity contribution is 6.21. The number of rotatable bonds is 12. The monoisotopic (exact) mass is 660 g/mol. The summed E-state index contributed by atoms with van der Waals surface area (Å²) in [5, 5.41) is 0.950. The number of fused-ring (bicyclic) bond motifs is 4. The molecular formula is C42H36N4O4. The number of terminal acetylenes is 1. The number of aryl methyl sites for hydroxylation is 2. The summed E-state index contributed by atoms with van der Waals surface area (Å²) in [7, 11) is 0. The quantitative estimate of drug-likeness (QED) is 0.0766. The maximum atomic E-state index is 13.4. The summed E-state index contributed by atoms with van der Waals surface area (Å²) < 4.78 is 8.24. The minimum atomic E-state index is -0.337. The molecule has 0 spiro atoms. The van der Waals surface area contributed by atoms with Gasteiger partial charge in [0.2, 0.25) is 0 Å². The first-order valence-corrected chi connectivity index (χ1v) is 16.9. The Labute approximate surface area is 290 Å². The van der Waals surface area contributed by atoms with E-state index in [4.69, 9.17) is 21.1 Å². The van der Waals surface area contributed by atoms with Crippen LogP contribution in [0.2, 0.25) is 0 Å². The highest BCUT2D eigenvalue weighted by Crippen LogP contribution is 2.33. The fourth-order valence-electron chi connectivity index (χ4n) is 6.83. The normalized spacial score (nSPS) is 12.5.